The summed E-state index contributed by atoms with van der Waals surface area (Å²) in [5.41, 5.74) is 2.94. The number of carbonyl (C=O) groups excluding carboxylic acids is 1. The molecule has 3 aromatic rings. The average Bonchev–Trinajstić information content (AvgIpc) is 2.57. The lowest BCUT2D eigenvalue weighted by atomic mass is 10.1. The molecule has 0 bridgehead atoms. The first-order chi connectivity index (χ1) is 11.8. The van der Waals surface area contributed by atoms with Crippen LogP contribution in [-0.2, 0) is 6.42 Å². The molecule has 126 valence electrons. The number of nitro benzene ring substituents is 1. The predicted octanol–water partition coefficient (Wildman–Crippen LogP) is 2.87. The molecule has 1 heterocycles. The third kappa shape index (κ3) is 3.30. The van der Waals surface area contributed by atoms with E-state index in [0.29, 0.717) is 11.0 Å². The lowest BCUT2D eigenvalue weighted by Crippen LogP contribution is -2.19. The summed E-state index contributed by atoms with van der Waals surface area (Å²) in [6.45, 7) is 3.88. The van der Waals surface area contributed by atoms with Gasteiger partial charge in [0.1, 0.15) is 5.69 Å². The second-order valence-corrected chi connectivity index (χ2v) is 5.87. The van der Waals surface area contributed by atoms with E-state index in [1.165, 1.54) is 24.3 Å². The van der Waals surface area contributed by atoms with Gasteiger partial charge in [-0.25, -0.2) is 4.98 Å². The molecule has 0 saturated heterocycles. The van der Waals surface area contributed by atoms with Crippen LogP contribution in [0.5, 0.6) is 0 Å². The molecule has 0 aliphatic heterocycles. The van der Waals surface area contributed by atoms with Gasteiger partial charge in [0, 0.05) is 17.7 Å². The van der Waals surface area contributed by atoms with Gasteiger partial charge in [-0.2, -0.15) is 0 Å². The summed E-state index contributed by atoms with van der Waals surface area (Å²) in [6.07, 6.45) is -0.223. The number of hydrogen-bond donors (Lipinski definition) is 1. The number of ketones is 1. The Labute approximate surface area is 142 Å². The van der Waals surface area contributed by atoms with Crippen molar-refractivity contribution in [3.05, 3.63) is 79.3 Å². The number of Topliss-reactive ketones (excluding diaryl/α,β-unsaturated/α-hetero) is 1. The third-order valence-corrected chi connectivity index (χ3v) is 4.08. The molecule has 1 aromatic heterocycles. The summed E-state index contributed by atoms with van der Waals surface area (Å²) >= 11 is 0. The molecule has 2 aromatic carbocycles. The van der Waals surface area contributed by atoms with Crippen LogP contribution >= 0.6 is 0 Å². The van der Waals surface area contributed by atoms with Crippen LogP contribution in [0.1, 0.15) is 27.2 Å². The van der Waals surface area contributed by atoms with E-state index in [2.05, 4.69) is 9.97 Å². The van der Waals surface area contributed by atoms with Crippen LogP contribution in [0.3, 0.4) is 0 Å². The number of aryl methyl sites for hydroxylation is 2. The fourth-order valence-corrected chi connectivity index (χ4v) is 2.55. The lowest BCUT2D eigenvalue weighted by molar-refractivity contribution is -0.384. The normalized spacial score (nSPS) is 10.8. The van der Waals surface area contributed by atoms with Gasteiger partial charge in [-0.15, -0.1) is 0 Å². The van der Waals surface area contributed by atoms with Gasteiger partial charge in [0.2, 0.25) is 0 Å². The minimum atomic E-state index is -0.566. The molecule has 7 nitrogen and oxygen atoms in total. The Kier molecular flexibility index (Phi) is 4.14. The third-order valence-electron chi connectivity index (χ3n) is 4.08. The number of non-ortho nitro benzene ring substituents is 1. The number of nitrogens with zero attached hydrogens (tertiary/aromatic N) is 2. The number of aromatic amines is 1. The van der Waals surface area contributed by atoms with Crippen LogP contribution in [0.4, 0.5) is 5.69 Å². The van der Waals surface area contributed by atoms with Crippen molar-refractivity contribution in [3.8, 4) is 0 Å². The molecule has 0 spiro atoms. The molecule has 0 aliphatic rings. The van der Waals surface area contributed by atoms with E-state index < -0.39 is 16.3 Å². The summed E-state index contributed by atoms with van der Waals surface area (Å²) in [4.78, 5) is 41.9. The molecular weight excluding hydrogens is 322 g/mol. The van der Waals surface area contributed by atoms with Crippen molar-refractivity contribution in [2.75, 3.05) is 0 Å². The number of benzene rings is 2. The number of fused-ring (bicyclic) bond motifs is 1. The maximum absolute atomic E-state index is 12.4. The van der Waals surface area contributed by atoms with Crippen molar-refractivity contribution in [2.45, 2.75) is 20.3 Å². The molecule has 0 amide bonds. The zero-order valence-corrected chi connectivity index (χ0v) is 13.7. The Morgan fingerprint density at radius 2 is 1.92 bits per heavy atom. The Bertz CT molecular complexity index is 1070. The Morgan fingerprint density at radius 3 is 2.64 bits per heavy atom. The largest absolute Gasteiger partial charge is 0.319 e. The molecular formula is C18H15N3O4. The smallest absolute Gasteiger partial charge is 0.270 e. The first-order valence-corrected chi connectivity index (χ1v) is 7.63. The molecule has 0 unspecified atom stereocenters. The highest BCUT2D eigenvalue weighted by Gasteiger charge is 2.15. The van der Waals surface area contributed by atoms with Crippen molar-refractivity contribution in [1.82, 2.24) is 9.97 Å². The Balaban J connectivity index is 1.97. The quantitative estimate of drug-likeness (QED) is 0.447. The highest BCUT2D eigenvalue weighted by molar-refractivity contribution is 5.98. The summed E-state index contributed by atoms with van der Waals surface area (Å²) in [7, 11) is 0. The standard InChI is InChI=1S/C18H15N3O4/c1-10-6-14-15(7-11(10)2)20-18(23)16(19-14)9-17(22)12-4-3-5-13(8-12)21(24)25/h3-8H,9H2,1-2H3,(H,20,23). The van der Waals surface area contributed by atoms with Gasteiger partial charge < -0.3 is 4.98 Å². The molecule has 0 radical (unpaired) electrons. The van der Waals surface area contributed by atoms with E-state index in [9.17, 15) is 19.7 Å². The van der Waals surface area contributed by atoms with Gasteiger partial charge in [-0.05, 0) is 37.1 Å². The zero-order chi connectivity index (χ0) is 18.1. The molecule has 0 saturated carbocycles. The predicted molar refractivity (Wildman–Crippen MR) is 93.0 cm³/mol. The van der Waals surface area contributed by atoms with E-state index in [0.717, 1.165) is 11.1 Å². The summed E-state index contributed by atoms with van der Waals surface area (Å²) in [5.74, 6) is -0.398. The number of nitro groups is 1. The minimum Gasteiger partial charge on any atom is -0.319 e. The van der Waals surface area contributed by atoms with E-state index in [-0.39, 0.29) is 23.4 Å². The van der Waals surface area contributed by atoms with Gasteiger partial charge >= 0.3 is 0 Å². The summed E-state index contributed by atoms with van der Waals surface area (Å²) in [5, 5.41) is 10.8. The maximum Gasteiger partial charge on any atom is 0.270 e. The van der Waals surface area contributed by atoms with E-state index >= 15 is 0 Å². The van der Waals surface area contributed by atoms with Crippen LogP contribution in [0.25, 0.3) is 11.0 Å². The first-order valence-electron chi connectivity index (χ1n) is 7.63. The molecule has 25 heavy (non-hydrogen) atoms. The molecule has 1 N–H and O–H groups in total. The highest BCUT2D eigenvalue weighted by Crippen LogP contribution is 2.17. The van der Waals surface area contributed by atoms with Gasteiger partial charge in [0.05, 0.1) is 22.4 Å². The number of hydrogen-bond acceptors (Lipinski definition) is 5. The van der Waals surface area contributed by atoms with Crippen molar-refractivity contribution < 1.29 is 9.72 Å². The minimum absolute atomic E-state index is 0.0901. The fraction of sp³-hybridized carbons (Fsp3) is 0.167. The average molecular weight is 337 g/mol. The van der Waals surface area contributed by atoms with Gasteiger partial charge in [0.15, 0.2) is 5.78 Å². The first kappa shape index (κ1) is 16.5. The number of H-pyrrole nitrogens is 1. The second kappa shape index (κ2) is 6.27. The van der Waals surface area contributed by atoms with Gasteiger partial charge in [0.25, 0.3) is 11.2 Å². The monoisotopic (exact) mass is 337 g/mol. The van der Waals surface area contributed by atoms with Crippen molar-refractivity contribution in [1.29, 1.82) is 0 Å². The zero-order valence-electron chi connectivity index (χ0n) is 13.7. The maximum atomic E-state index is 12.4. The second-order valence-electron chi connectivity index (χ2n) is 5.87. The van der Waals surface area contributed by atoms with Crippen molar-refractivity contribution >= 4 is 22.5 Å². The number of aromatic nitrogens is 2. The molecule has 0 atom stereocenters. The highest BCUT2D eigenvalue weighted by atomic mass is 16.6. The van der Waals surface area contributed by atoms with Crippen LogP contribution in [-0.4, -0.2) is 20.7 Å². The van der Waals surface area contributed by atoms with Crippen LogP contribution in [0.2, 0.25) is 0 Å². The Morgan fingerprint density at radius 1 is 1.20 bits per heavy atom. The van der Waals surface area contributed by atoms with E-state index in [1.807, 2.05) is 26.0 Å². The van der Waals surface area contributed by atoms with Crippen LogP contribution in [0, 0.1) is 24.0 Å². The Hall–Kier alpha value is -3.35. The number of nitrogens with one attached hydrogen (secondary N) is 1. The van der Waals surface area contributed by atoms with Crippen molar-refractivity contribution in [3.63, 3.8) is 0 Å². The van der Waals surface area contributed by atoms with Gasteiger partial charge in [-0.3, -0.25) is 19.7 Å². The lowest BCUT2D eigenvalue weighted by Gasteiger charge is -2.06. The molecule has 7 heteroatoms. The SMILES string of the molecule is Cc1cc2nc(CC(=O)c3cccc([N+](=O)[O-])c3)c(=O)[nH]c2cc1C. The van der Waals surface area contributed by atoms with Gasteiger partial charge in [-0.1, -0.05) is 12.1 Å². The van der Waals surface area contributed by atoms with E-state index in [1.54, 1.807) is 0 Å². The molecule has 0 aliphatic carbocycles. The topological polar surface area (TPSA) is 106 Å². The summed E-state index contributed by atoms with van der Waals surface area (Å²) in [6, 6.07) is 9.12. The van der Waals surface area contributed by atoms with Crippen molar-refractivity contribution in [2.24, 2.45) is 0 Å². The van der Waals surface area contributed by atoms with Crippen LogP contribution in [0.15, 0.2) is 41.2 Å². The number of carbonyl (C=O) groups is 1. The molecule has 3 rings (SSSR count). The summed E-state index contributed by atoms with van der Waals surface area (Å²) < 4.78 is 0. The van der Waals surface area contributed by atoms with Crippen LogP contribution < -0.4 is 5.56 Å². The van der Waals surface area contributed by atoms with E-state index in [4.69, 9.17) is 0 Å². The molecule has 0 fully saturated rings. The number of rotatable bonds is 4. The fourth-order valence-electron chi connectivity index (χ4n) is 2.55.